The summed E-state index contributed by atoms with van der Waals surface area (Å²) in [6, 6.07) is 0. The van der Waals surface area contributed by atoms with Crippen LogP contribution in [0.1, 0.15) is 18.2 Å². The number of aliphatic imine (C=N–C) groups is 1. The van der Waals surface area contributed by atoms with Crippen molar-refractivity contribution in [2.45, 2.75) is 31.1 Å². The molecule has 2 aliphatic rings. The summed E-state index contributed by atoms with van der Waals surface area (Å²) >= 11 is 0. The Morgan fingerprint density at radius 1 is 1.48 bits per heavy atom. The lowest BCUT2D eigenvalue weighted by molar-refractivity contribution is -0.0430. The first-order valence-electron chi connectivity index (χ1n) is 7.24. The Morgan fingerprint density at radius 3 is 3.04 bits per heavy atom. The average Bonchev–Trinajstić information content (AvgIpc) is 3.11. The normalized spacial score (nSPS) is 29.7. The maximum Gasteiger partial charge on any atom is 0.172 e. The van der Waals surface area contributed by atoms with Gasteiger partial charge < -0.3 is 30.6 Å². The number of pyridine rings is 1. The second kappa shape index (κ2) is 5.13. The van der Waals surface area contributed by atoms with E-state index in [1.54, 1.807) is 17.1 Å². The van der Waals surface area contributed by atoms with Crippen molar-refractivity contribution in [1.82, 2.24) is 14.5 Å². The summed E-state index contributed by atoms with van der Waals surface area (Å²) in [6.45, 7) is -0.246. The number of aliphatic hydroxyl groups excluding tert-OH is 2. The molecule has 4 atom stereocenters. The van der Waals surface area contributed by atoms with Crippen molar-refractivity contribution in [3.63, 3.8) is 0 Å². The third-order valence-electron chi connectivity index (χ3n) is 4.12. The van der Waals surface area contributed by atoms with Crippen LogP contribution in [0.5, 0.6) is 0 Å². The van der Waals surface area contributed by atoms with Crippen molar-refractivity contribution in [1.29, 1.82) is 0 Å². The highest BCUT2D eigenvalue weighted by atomic mass is 16.5. The fourth-order valence-electron chi connectivity index (χ4n) is 2.99. The summed E-state index contributed by atoms with van der Waals surface area (Å²) < 4.78 is 7.47. The standard InChI is InChI=1S/C13H17N7O3/c14-11-9-10(5-2-16-13(15)19-12(5)18-11)20(4-17-9)8-1-6(22)7(3-21)23-8/h2,4,6-8,13,21-22H,1,3,15H2,(H3,14,18,19)/t6?,7-,8-,13?/m1/s1. The van der Waals surface area contributed by atoms with E-state index in [1.165, 1.54) is 0 Å². The molecule has 1 fully saturated rings. The van der Waals surface area contributed by atoms with Crippen molar-refractivity contribution in [2.24, 2.45) is 10.7 Å². The molecular weight excluding hydrogens is 302 g/mol. The number of hydrogen-bond acceptors (Lipinski definition) is 9. The number of nitrogens with one attached hydrogen (secondary N) is 1. The molecule has 0 bridgehead atoms. The zero-order valence-electron chi connectivity index (χ0n) is 12.1. The Hall–Kier alpha value is -2.27. The molecule has 0 radical (unpaired) electrons. The quantitative estimate of drug-likeness (QED) is 0.459. The van der Waals surface area contributed by atoms with Gasteiger partial charge in [0, 0.05) is 12.6 Å². The van der Waals surface area contributed by atoms with Crippen LogP contribution in [-0.4, -0.2) is 56.1 Å². The van der Waals surface area contributed by atoms with E-state index in [0.29, 0.717) is 28.8 Å². The van der Waals surface area contributed by atoms with Crippen LogP contribution in [0.2, 0.25) is 0 Å². The first-order chi connectivity index (χ1) is 11.1. The molecule has 4 heterocycles. The molecule has 10 heteroatoms. The summed E-state index contributed by atoms with van der Waals surface area (Å²) in [6.07, 6.45) is 1.16. The molecular formula is C13H17N7O3. The number of rotatable bonds is 2. The number of nitrogens with two attached hydrogens (primary N) is 2. The highest BCUT2D eigenvalue weighted by molar-refractivity contribution is 6.05. The van der Waals surface area contributed by atoms with Crippen LogP contribution in [0.4, 0.5) is 11.6 Å². The average molecular weight is 319 g/mol. The van der Waals surface area contributed by atoms with Crippen LogP contribution < -0.4 is 16.8 Å². The Morgan fingerprint density at radius 2 is 2.30 bits per heavy atom. The van der Waals surface area contributed by atoms with Gasteiger partial charge in [0.2, 0.25) is 0 Å². The van der Waals surface area contributed by atoms with Crippen molar-refractivity contribution < 1.29 is 14.9 Å². The van der Waals surface area contributed by atoms with Gasteiger partial charge in [-0.25, -0.2) is 9.97 Å². The number of nitrogens with zero attached hydrogens (tertiary/aromatic N) is 4. The second-order valence-electron chi connectivity index (χ2n) is 5.59. The number of aliphatic hydroxyl groups is 2. The Balaban J connectivity index is 1.85. The molecule has 0 amide bonds. The van der Waals surface area contributed by atoms with E-state index < -0.39 is 24.7 Å². The van der Waals surface area contributed by atoms with Gasteiger partial charge in [-0.3, -0.25) is 10.7 Å². The first kappa shape index (κ1) is 14.3. The zero-order valence-corrected chi connectivity index (χ0v) is 12.1. The fourth-order valence-corrected chi connectivity index (χ4v) is 2.99. The van der Waals surface area contributed by atoms with Crippen LogP contribution in [-0.2, 0) is 4.74 Å². The molecule has 0 saturated carbocycles. The minimum Gasteiger partial charge on any atom is -0.394 e. The molecule has 122 valence electrons. The van der Waals surface area contributed by atoms with Crippen LogP contribution in [0.3, 0.4) is 0 Å². The number of fused-ring (bicyclic) bond motifs is 3. The van der Waals surface area contributed by atoms with Gasteiger partial charge >= 0.3 is 0 Å². The molecule has 7 N–H and O–H groups in total. The van der Waals surface area contributed by atoms with Gasteiger partial charge in [-0.15, -0.1) is 0 Å². The smallest absolute Gasteiger partial charge is 0.172 e. The number of hydrogen-bond donors (Lipinski definition) is 5. The predicted molar refractivity (Wildman–Crippen MR) is 82.8 cm³/mol. The van der Waals surface area contributed by atoms with E-state index in [2.05, 4.69) is 20.3 Å². The topological polar surface area (TPSA) is 157 Å². The zero-order chi connectivity index (χ0) is 16.1. The molecule has 1 saturated heterocycles. The van der Waals surface area contributed by atoms with E-state index in [9.17, 15) is 10.2 Å². The summed E-state index contributed by atoms with van der Waals surface area (Å²) in [4.78, 5) is 12.7. The van der Waals surface area contributed by atoms with Crippen LogP contribution in [0, 0.1) is 0 Å². The maximum atomic E-state index is 9.95. The van der Waals surface area contributed by atoms with E-state index in [-0.39, 0.29) is 12.4 Å². The number of nitrogen functional groups attached to an aromatic ring is 1. The summed E-state index contributed by atoms with van der Waals surface area (Å²) in [5.74, 6) is 0.793. The molecule has 2 aliphatic heterocycles. The molecule has 23 heavy (non-hydrogen) atoms. The third kappa shape index (κ3) is 2.15. The van der Waals surface area contributed by atoms with Crippen molar-refractivity contribution in [3.8, 4) is 0 Å². The number of imidazole rings is 1. The van der Waals surface area contributed by atoms with Gasteiger partial charge in [0.25, 0.3) is 0 Å². The van der Waals surface area contributed by atoms with Gasteiger partial charge in [-0.05, 0) is 0 Å². The van der Waals surface area contributed by atoms with Crippen LogP contribution in [0.25, 0.3) is 11.0 Å². The summed E-state index contributed by atoms with van der Waals surface area (Å²) in [7, 11) is 0. The molecule has 2 aromatic rings. The van der Waals surface area contributed by atoms with E-state index in [1.807, 2.05) is 0 Å². The van der Waals surface area contributed by atoms with Gasteiger partial charge in [0.05, 0.1) is 30.1 Å². The van der Waals surface area contributed by atoms with Crippen molar-refractivity contribution in [2.75, 3.05) is 17.7 Å². The second-order valence-corrected chi connectivity index (χ2v) is 5.59. The lowest BCUT2D eigenvalue weighted by Crippen LogP contribution is -2.31. The minimum atomic E-state index is -0.738. The fraction of sp³-hybridized carbons (Fsp3) is 0.462. The SMILES string of the molecule is Nc1nc2c(c3c1ncn3[C@H]1CC(O)[C@@H](CO)O1)C=NC(N)N2. The van der Waals surface area contributed by atoms with Gasteiger partial charge in [0.15, 0.2) is 12.1 Å². The van der Waals surface area contributed by atoms with Crippen LogP contribution in [0.15, 0.2) is 11.3 Å². The number of anilines is 2. The summed E-state index contributed by atoms with van der Waals surface area (Å²) in [5, 5.41) is 22.1. The molecule has 0 aromatic carbocycles. The van der Waals surface area contributed by atoms with Crippen molar-refractivity contribution >= 4 is 28.9 Å². The Kier molecular flexibility index (Phi) is 3.20. The third-order valence-corrected chi connectivity index (χ3v) is 4.12. The largest absolute Gasteiger partial charge is 0.394 e. The maximum absolute atomic E-state index is 9.95. The predicted octanol–water partition coefficient (Wildman–Crippen LogP) is -1.26. The lowest BCUT2D eigenvalue weighted by Gasteiger charge is -2.20. The van der Waals surface area contributed by atoms with E-state index in [0.717, 1.165) is 0 Å². The first-order valence-corrected chi connectivity index (χ1v) is 7.24. The molecule has 0 spiro atoms. The molecule has 4 rings (SSSR count). The molecule has 0 aliphatic carbocycles. The molecule has 2 unspecified atom stereocenters. The minimum absolute atomic E-state index is 0.246. The Labute approximate surface area is 130 Å². The highest BCUT2D eigenvalue weighted by Gasteiger charge is 2.36. The van der Waals surface area contributed by atoms with Gasteiger partial charge in [-0.2, -0.15) is 0 Å². The van der Waals surface area contributed by atoms with Crippen LogP contribution >= 0.6 is 0 Å². The summed E-state index contributed by atoms with van der Waals surface area (Å²) in [5.41, 5.74) is 13.6. The lowest BCUT2D eigenvalue weighted by atomic mass is 10.1. The number of ether oxygens (including phenoxy) is 1. The van der Waals surface area contributed by atoms with Gasteiger partial charge in [-0.1, -0.05) is 0 Å². The van der Waals surface area contributed by atoms with E-state index >= 15 is 0 Å². The molecule has 2 aromatic heterocycles. The van der Waals surface area contributed by atoms with Crippen molar-refractivity contribution in [3.05, 3.63) is 11.9 Å². The monoisotopic (exact) mass is 319 g/mol. The highest BCUT2D eigenvalue weighted by Crippen LogP contribution is 2.35. The van der Waals surface area contributed by atoms with E-state index in [4.69, 9.17) is 16.2 Å². The molecule has 10 nitrogen and oxygen atoms in total. The Bertz CT molecular complexity index is 789. The number of aromatic nitrogens is 3. The van der Waals surface area contributed by atoms with Gasteiger partial charge in [0.1, 0.15) is 23.7 Å².